The van der Waals surface area contributed by atoms with E-state index in [2.05, 4.69) is 19.2 Å². The van der Waals surface area contributed by atoms with Crippen molar-refractivity contribution in [3.05, 3.63) is 0 Å². The molecule has 0 aromatic rings. The molecule has 4 heteroatoms. The summed E-state index contributed by atoms with van der Waals surface area (Å²) >= 11 is 0. The highest BCUT2D eigenvalue weighted by atomic mass is 16.5. The van der Waals surface area contributed by atoms with E-state index in [0.29, 0.717) is 25.5 Å². The maximum Gasteiger partial charge on any atom is 0.0897 e. The second kappa shape index (κ2) is 11.0. The third-order valence-electron chi connectivity index (χ3n) is 2.64. The van der Waals surface area contributed by atoms with E-state index < -0.39 is 6.10 Å². The van der Waals surface area contributed by atoms with Crippen molar-refractivity contribution in [2.75, 3.05) is 26.4 Å². The van der Waals surface area contributed by atoms with Crippen LogP contribution < -0.4 is 5.32 Å². The van der Waals surface area contributed by atoms with E-state index in [0.717, 1.165) is 13.0 Å². The zero-order valence-corrected chi connectivity index (χ0v) is 11.5. The molecule has 104 valence electrons. The SMILES string of the molecule is CC(C)CCCOCC(O)CNC(C)CCO. The van der Waals surface area contributed by atoms with E-state index in [1.165, 1.54) is 6.42 Å². The van der Waals surface area contributed by atoms with Crippen molar-refractivity contribution in [2.45, 2.75) is 52.2 Å². The Labute approximate surface area is 105 Å². The molecule has 0 radical (unpaired) electrons. The highest BCUT2D eigenvalue weighted by Crippen LogP contribution is 2.03. The first kappa shape index (κ1) is 16.8. The summed E-state index contributed by atoms with van der Waals surface area (Å²) in [6, 6.07) is 0.232. The summed E-state index contributed by atoms with van der Waals surface area (Å²) in [4.78, 5) is 0. The molecule has 2 atom stereocenters. The van der Waals surface area contributed by atoms with Gasteiger partial charge in [0, 0.05) is 25.8 Å². The van der Waals surface area contributed by atoms with E-state index in [4.69, 9.17) is 9.84 Å². The minimum Gasteiger partial charge on any atom is -0.396 e. The molecule has 0 spiro atoms. The molecule has 0 heterocycles. The quantitative estimate of drug-likeness (QED) is 0.480. The monoisotopic (exact) mass is 247 g/mol. The standard InChI is InChI=1S/C13H29NO3/c1-11(2)5-4-8-17-10-13(16)9-14-12(3)6-7-15/h11-16H,4-10H2,1-3H3. The van der Waals surface area contributed by atoms with Crippen molar-refractivity contribution in [1.29, 1.82) is 0 Å². The van der Waals surface area contributed by atoms with Gasteiger partial charge < -0.3 is 20.3 Å². The van der Waals surface area contributed by atoms with E-state index in [9.17, 15) is 5.11 Å². The molecule has 0 aliphatic heterocycles. The number of ether oxygens (including phenoxy) is 1. The van der Waals surface area contributed by atoms with E-state index >= 15 is 0 Å². The number of hydrogen-bond donors (Lipinski definition) is 3. The van der Waals surface area contributed by atoms with Crippen LogP contribution in [0.25, 0.3) is 0 Å². The van der Waals surface area contributed by atoms with Crippen LogP contribution in [-0.2, 0) is 4.74 Å². The van der Waals surface area contributed by atoms with Gasteiger partial charge in [-0.2, -0.15) is 0 Å². The second-order valence-electron chi connectivity index (χ2n) is 5.09. The zero-order valence-electron chi connectivity index (χ0n) is 11.5. The molecule has 0 saturated carbocycles. The van der Waals surface area contributed by atoms with Gasteiger partial charge in [-0.1, -0.05) is 13.8 Å². The molecule has 0 saturated heterocycles. The van der Waals surface area contributed by atoms with Gasteiger partial charge in [0.05, 0.1) is 12.7 Å². The molecule has 0 bridgehead atoms. The molecule has 0 aliphatic rings. The summed E-state index contributed by atoms with van der Waals surface area (Å²) in [5, 5.41) is 21.5. The number of hydrogen-bond acceptors (Lipinski definition) is 4. The van der Waals surface area contributed by atoms with Crippen LogP contribution in [0.2, 0.25) is 0 Å². The normalized spacial score (nSPS) is 15.2. The molecular formula is C13H29NO3. The van der Waals surface area contributed by atoms with Crippen LogP contribution in [0.15, 0.2) is 0 Å². The smallest absolute Gasteiger partial charge is 0.0897 e. The first-order chi connectivity index (χ1) is 8.06. The number of aliphatic hydroxyl groups is 2. The highest BCUT2D eigenvalue weighted by Gasteiger charge is 2.06. The Morgan fingerprint density at radius 2 is 1.88 bits per heavy atom. The van der Waals surface area contributed by atoms with Crippen LogP contribution in [-0.4, -0.2) is 48.7 Å². The topological polar surface area (TPSA) is 61.7 Å². The first-order valence-corrected chi connectivity index (χ1v) is 6.66. The molecular weight excluding hydrogens is 218 g/mol. The molecule has 17 heavy (non-hydrogen) atoms. The van der Waals surface area contributed by atoms with E-state index in [1.54, 1.807) is 0 Å². The average Bonchev–Trinajstić information content (AvgIpc) is 2.26. The minimum atomic E-state index is -0.463. The Hall–Kier alpha value is -0.160. The van der Waals surface area contributed by atoms with Crippen molar-refractivity contribution < 1.29 is 14.9 Å². The third-order valence-corrected chi connectivity index (χ3v) is 2.64. The van der Waals surface area contributed by atoms with Crippen molar-refractivity contribution in [1.82, 2.24) is 5.32 Å². The fraction of sp³-hybridized carbons (Fsp3) is 1.00. The Kier molecular flexibility index (Phi) is 10.9. The van der Waals surface area contributed by atoms with E-state index in [-0.39, 0.29) is 12.6 Å². The molecule has 0 aliphatic carbocycles. The molecule has 0 rings (SSSR count). The Balaban J connectivity index is 3.31. The van der Waals surface area contributed by atoms with Crippen LogP contribution in [0.4, 0.5) is 0 Å². The maximum absolute atomic E-state index is 9.62. The van der Waals surface area contributed by atoms with Crippen LogP contribution in [0.1, 0.15) is 40.0 Å². The molecule has 0 amide bonds. The summed E-state index contributed by atoms with van der Waals surface area (Å²) in [6.07, 6.45) is 2.47. The lowest BCUT2D eigenvalue weighted by atomic mass is 10.1. The Bertz CT molecular complexity index is 165. The van der Waals surface area contributed by atoms with Gasteiger partial charge in [0.25, 0.3) is 0 Å². The summed E-state index contributed by atoms with van der Waals surface area (Å²) in [7, 11) is 0. The van der Waals surface area contributed by atoms with Gasteiger partial charge >= 0.3 is 0 Å². The van der Waals surface area contributed by atoms with Crippen molar-refractivity contribution in [2.24, 2.45) is 5.92 Å². The predicted octanol–water partition coefficient (Wildman–Crippen LogP) is 1.16. The summed E-state index contributed by atoms with van der Waals surface area (Å²) < 4.78 is 5.40. The average molecular weight is 247 g/mol. The molecule has 0 fully saturated rings. The summed E-state index contributed by atoms with van der Waals surface area (Å²) in [6.45, 7) is 8.19. The Morgan fingerprint density at radius 3 is 2.47 bits per heavy atom. The molecule has 4 nitrogen and oxygen atoms in total. The third kappa shape index (κ3) is 12.1. The van der Waals surface area contributed by atoms with Crippen molar-refractivity contribution in [3.63, 3.8) is 0 Å². The van der Waals surface area contributed by atoms with Gasteiger partial charge in [0.2, 0.25) is 0 Å². The summed E-state index contributed by atoms with van der Waals surface area (Å²) in [5.74, 6) is 0.713. The predicted molar refractivity (Wildman–Crippen MR) is 70.1 cm³/mol. The van der Waals surface area contributed by atoms with Gasteiger partial charge in [-0.3, -0.25) is 0 Å². The van der Waals surface area contributed by atoms with Gasteiger partial charge in [0.15, 0.2) is 0 Å². The fourth-order valence-electron chi connectivity index (χ4n) is 1.50. The minimum absolute atomic E-state index is 0.177. The van der Waals surface area contributed by atoms with Crippen LogP contribution in [0.3, 0.4) is 0 Å². The molecule has 0 aromatic carbocycles. The highest BCUT2D eigenvalue weighted by molar-refractivity contribution is 4.64. The zero-order chi connectivity index (χ0) is 13.1. The van der Waals surface area contributed by atoms with Crippen LogP contribution >= 0.6 is 0 Å². The molecule has 2 unspecified atom stereocenters. The fourth-order valence-corrected chi connectivity index (χ4v) is 1.50. The lowest BCUT2D eigenvalue weighted by Crippen LogP contribution is -2.36. The first-order valence-electron chi connectivity index (χ1n) is 6.66. The van der Waals surface area contributed by atoms with Gasteiger partial charge in [-0.05, 0) is 32.1 Å². The number of aliphatic hydroxyl groups excluding tert-OH is 2. The van der Waals surface area contributed by atoms with Crippen molar-refractivity contribution >= 4 is 0 Å². The molecule has 0 aromatic heterocycles. The van der Waals surface area contributed by atoms with Crippen LogP contribution in [0, 0.1) is 5.92 Å². The maximum atomic E-state index is 9.62. The number of nitrogens with one attached hydrogen (secondary N) is 1. The van der Waals surface area contributed by atoms with Gasteiger partial charge in [-0.15, -0.1) is 0 Å². The van der Waals surface area contributed by atoms with Crippen LogP contribution in [0.5, 0.6) is 0 Å². The molecule has 3 N–H and O–H groups in total. The lowest BCUT2D eigenvalue weighted by Gasteiger charge is -2.16. The van der Waals surface area contributed by atoms with Gasteiger partial charge in [0.1, 0.15) is 0 Å². The van der Waals surface area contributed by atoms with E-state index in [1.807, 2.05) is 6.92 Å². The van der Waals surface area contributed by atoms with Crippen molar-refractivity contribution in [3.8, 4) is 0 Å². The lowest BCUT2D eigenvalue weighted by molar-refractivity contribution is 0.0333. The second-order valence-corrected chi connectivity index (χ2v) is 5.09. The van der Waals surface area contributed by atoms with Gasteiger partial charge in [-0.25, -0.2) is 0 Å². The Morgan fingerprint density at radius 1 is 1.18 bits per heavy atom. The number of rotatable bonds is 11. The summed E-state index contributed by atoms with van der Waals surface area (Å²) in [5.41, 5.74) is 0. The largest absolute Gasteiger partial charge is 0.396 e.